The summed E-state index contributed by atoms with van der Waals surface area (Å²) < 4.78 is 1.87. The first-order chi connectivity index (χ1) is 11.0. The summed E-state index contributed by atoms with van der Waals surface area (Å²) in [6.45, 7) is 3.37. The average molecular weight is 310 g/mol. The van der Waals surface area contributed by atoms with Gasteiger partial charge in [0.05, 0.1) is 28.7 Å². The first kappa shape index (κ1) is 15.2. The number of hydrogen-bond acceptors (Lipinski definition) is 4. The van der Waals surface area contributed by atoms with Crippen LogP contribution < -0.4 is 5.32 Å². The summed E-state index contributed by atoms with van der Waals surface area (Å²) in [7, 11) is 0. The van der Waals surface area contributed by atoms with Crippen molar-refractivity contribution < 1.29 is 9.90 Å². The summed E-state index contributed by atoms with van der Waals surface area (Å²) >= 11 is 0. The van der Waals surface area contributed by atoms with Crippen molar-refractivity contribution in [3.8, 4) is 5.82 Å². The van der Waals surface area contributed by atoms with Crippen LogP contribution in [0.1, 0.15) is 24.2 Å². The Labute approximate surface area is 133 Å². The molecule has 0 radical (unpaired) electrons. The van der Waals surface area contributed by atoms with Gasteiger partial charge in [-0.25, -0.2) is 9.97 Å². The third kappa shape index (κ3) is 3.07. The van der Waals surface area contributed by atoms with Crippen molar-refractivity contribution in [1.29, 1.82) is 0 Å². The van der Waals surface area contributed by atoms with Gasteiger partial charge in [0, 0.05) is 6.20 Å². The summed E-state index contributed by atoms with van der Waals surface area (Å²) in [5.41, 5.74) is 1.62. The van der Waals surface area contributed by atoms with Gasteiger partial charge < -0.3 is 10.4 Å². The number of nitrogens with one attached hydrogen (secondary N) is 1. The fourth-order valence-corrected chi connectivity index (χ4v) is 2.22. The molecule has 23 heavy (non-hydrogen) atoms. The van der Waals surface area contributed by atoms with Crippen LogP contribution in [0.5, 0.6) is 0 Å². The van der Waals surface area contributed by atoms with Gasteiger partial charge in [-0.2, -0.15) is 0 Å². The van der Waals surface area contributed by atoms with Crippen LogP contribution in [0.15, 0.2) is 48.9 Å². The van der Waals surface area contributed by atoms with E-state index in [9.17, 15) is 9.90 Å². The minimum absolute atomic E-state index is 0.134. The third-order valence-electron chi connectivity index (χ3n) is 3.56. The van der Waals surface area contributed by atoms with Crippen LogP contribution in [0, 0.1) is 0 Å². The standard InChI is InChI=1S/C17H18N4O2/c1-17(2,10-22)20-16(23)12-7-8-15(18-9-12)21-11-19-13-5-3-4-6-14(13)21/h3-9,11,22H,10H2,1-2H3,(H,20,23). The lowest BCUT2D eigenvalue weighted by atomic mass is 10.1. The number of hydrogen-bond donors (Lipinski definition) is 2. The number of amides is 1. The molecule has 1 amide bonds. The molecule has 2 N–H and O–H groups in total. The molecule has 2 heterocycles. The van der Waals surface area contributed by atoms with Crippen molar-refractivity contribution >= 4 is 16.9 Å². The van der Waals surface area contributed by atoms with Gasteiger partial charge in [-0.05, 0) is 38.1 Å². The molecule has 0 bridgehead atoms. The summed E-state index contributed by atoms with van der Waals surface area (Å²) in [4.78, 5) is 20.8. The van der Waals surface area contributed by atoms with Crippen LogP contribution in [-0.2, 0) is 0 Å². The lowest BCUT2D eigenvalue weighted by Crippen LogP contribution is -2.46. The molecule has 0 saturated carbocycles. The number of carbonyl (C=O) groups excluding carboxylic acids is 1. The molecular weight excluding hydrogens is 292 g/mol. The Hall–Kier alpha value is -2.73. The Bertz CT molecular complexity index is 837. The number of carbonyl (C=O) groups is 1. The van der Waals surface area contributed by atoms with Gasteiger partial charge in [0.25, 0.3) is 5.91 Å². The number of rotatable bonds is 4. The van der Waals surface area contributed by atoms with Gasteiger partial charge in [-0.1, -0.05) is 12.1 Å². The molecule has 0 aliphatic carbocycles. The Morgan fingerprint density at radius 3 is 2.70 bits per heavy atom. The maximum Gasteiger partial charge on any atom is 0.253 e. The highest BCUT2D eigenvalue weighted by atomic mass is 16.3. The van der Waals surface area contributed by atoms with Gasteiger partial charge in [0.1, 0.15) is 12.1 Å². The smallest absolute Gasteiger partial charge is 0.253 e. The molecule has 0 saturated heterocycles. The lowest BCUT2D eigenvalue weighted by Gasteiger charge is -2.23. The first-order valence-electron chi connectivity index (χ1n) is 7.32. The Morgan fingerprint density at radius 1 is 1.22 bits per heavy atom. The van der Waals surface area contributed by atoms with Gasteiger partial charge in [-0.3, -0.25) is 9.36 Å². The van der Waals surface area contributed by atoms with Crippen molar-refractivity contribution in [3.05, 3.63) is 54.5 Å². The summed E-state index contributed by atoms with van der Waals surface area (Å²) in [5, 5.41) is 12.0. The summed E-state index contributed by atoms with van der Waals surface area (Å²) in [5.74, 6) is 0.426. The Kier molecular flexibility index (Phi) is 3.83. The van der Waals surface area contributed by atoms with E-state index >= 15 is 0 Å². The SMILES string of the molecule is CC(C)(CO)NC(=O)c1ccc(-n2cnc3ccccc32)nc1. The molecule has 6 heteroatoms. The molecular formula is C17H18N4O2. The maximum absolute atomic E-state index is 12.1. The third-order valence-corrected chi connectivity index (χ3v) is 3.56. The highest BCUT2D eigenvalue weighted by Crippen LogP contribution is 2.16. The van der Waals surface area contributed by atoms with E-state index < -0.39 is 5.54 Å². The monoisotopic (exact) mass is 310 g/mol. The first-order valence-corrected chi connectivity index (χ1v) is 7.32. The number of nitrogens with zero attached hydrogens (tertiary/aromatic N) is 3. The Morgan fingerprint density at radius 2 is 2.00 bits per heavy atom. The van der Waals surface area contributed by atoms with E-state index in [1.165, 1.54) is 6.20 Å². The average Bonchev–Trinajstić information content (AvgIpc) is 2.98. The predicted octanol–water partition coefficient (Wildman–Crippen LogP) is 1.92. The topological polar surface area (TPSA) is 80.0 Å². The van der Waals surface area contributed by atoms with E-state index in [0.29, 0.717) is 11.4 Å². The fraction of sp³-hybridized carbons (Fsp3) is 0.235. The van der Waals surface area contributed by atoms with Crippen LogP contribution in [-0.4, -0.2) is 37.7 Å². The number of aliphatic hydroxyl groups excluding tert-OH is 1. The van der Waals surface area contributed by atoms with Crippen LogP contribution in [0.2, 0.25) is 0 Å². The zero-order chi connectivity index (χ0) is 16.4. The highest BCUT2D eigenvalue weighted by Gasteiger charge is 2.20. The highest BCUT2D eigenvalue weighted by molar-refractivity contribution is 5.94. The molecule has 3 rings (SSSR count). The molecule has 1 aromatic carbocycles. The van der Waals surface area contributed by atoms with E-state index in [1.807, 2.05) is 28.8 Å². The van der Waals surface area contributed by atoms with Crippen molar-refractivity contribution in [3.63, 3.8) is 0 Å². The minimum atomic E-state index is -0.670. The number of aliphatic hydroxyl groups is 1. The molecule has 6 nitrogen and oxygen atoms in total. The number of fused-ring (bicyclic) bond motifs is 1. The predicted molar refractivity (Wildman–Crippen MR) is 87.5 cm³/mol. The molecule has 3 aromatic rings. The van der Waals surface area contributed by atoms with E-state index in [2.05, 4.69) is 15.3 Å². The molecule has 0 aliphatic rings. The molecule has 0 fully saturated rings. The van der Waals surface area contributed by atoms with Gasteiger partial charge in [0.15, 0.2) is 0 Å². The number of para-hydroxylation sites is 2. The van der Waals surface area contributed by atoms with Crippen molar-refractivity contribution in [2.45, 2.75) is 19.4 Å². The minimum Gasteiger partial charge on any atom is -0.394 e. The summed E-state index contributed by atoms with van der Waals surface area (Å²) in [6, 6.07) is 11.3. The Balaban J connectivity index is 1.86. The van der Waals surface area contributed by atoms with E-state index in [-0.39, 0.29) is 12.5 Å². The second-order valence-corrected chi connectivity index (χ2v) is 6.00. The molecule has 0 spiro atoms. The lowest BCUT2D eigenvalue weighted by molar-refractivity contribution is 0.0869. The van der Waals surface area contributed by atoms with Gasteiger partial charge in [0.2, 0.25) is 0 Å². The van der Waals surface area contributed by atoms with Crippen LogP contribution in [0.3, 0.4) is 0 Å². The molecule has 0 unspecified atom stereocenters. The van der Waals surface area contributed by atoms with E-state index in [4.69, 9.17) is 0 Å². The largest absolute Gasteiger partial charge is 0.394 e. The van der Waals surface area contributed by atoms with Gasteiger partial charge >= 0.3 is 0 Å². The number of benzene rings is 1. The van der Waals surface area contributed by atoms with Gasteiger partial charge in [-0.15, -0.1) is 0 Å². The van der Waals surface area contributed by atoms with Crippen molar-refractivity contribution in [1.82, 2.24) is 19.9 Å². The van der Waals surface area contributed by atoms with Crippen LogP contribution in [0.25, 0.3) is 16.9 Å². The quantitative estimate of drug-likeness (QED) is 0.771. The normalized spacial score (nSPS) is 11.6. The maximum atomic E-state index is 12.1. The second-order valence-electron chi connectivity index (χ2n) is 6.00. The second kappa shape index (κ2) is 5.81. The molecule has 2 aromatic heterocycles. The number of pyridine rings is 1. The van der Waals surface area contributed by atoms with E-state index in [1.54, 1.807) is 32.3 Å². The fourth-order valence-electron chi connectivity index (χ4n) is 2.22. The zero-order valence-corrected chi connectivity index (χ0v) is 13.0. The molecule has 0 atom stereocenters. The van der Waals surface area contributed by atoms with E-state index in [0.717, 1.165) is 11.0 Å². The van der Waals surface area contributed by atoms with Crippen LogP contribution in [0.4, 0.5) is 0 Å². The van der Waals surface area contributed by atoms with Crippen LogP contribution >= 0.6 is 0 Å². The summed E-state index contributed by atoms with van der Waals surface area (Å²) in [6.07, 6.45) is 3.23. The van der Waals surface area contributed by atoms with Crippen molar-refractivity contribution in [2.75, 3.05) is 6.61 Å². The number of aromatic nitrogens is 3. The number of imidazole rings is 1. The van der Waals surface area contributed by atoms with Crippen molar-refractivity contribution in [2.24, 2.45) is 0 Å². The zero-order valence-electron chi connectivity index (χ0n) is 13.0. The molecule has 0 aliphatic heterocycles. The molecule has 118 valence electrons.